The molecule has 0 radical (unpaired) electrons. The maximum absolute atomic E-state index is 12.2. The van der Waals surface area contributed by atoms with Crippen molar-refractivity contribution in [3.8, 4) is 5.88 Å². The molecule has 3 aromatic rings. The number of imidazole rings is 1. The van der Waals surface area contributed by atoms with Crippen molar-refractivity contribution >= 4 is 17.6 Å². The second-order valence-electron chi connectivity index (χ2n) is 5.19. The van der Waals surface area contributed by atoms with Crippen LogP contribution < -0.4 is 21.1 Å². The Morgan fingerprint density at radius 2 is 2.04 bits per heavy atom. The molecule has 0 bridgehead atoms. The number of nitrogens with one attached hydrogen (secondary N) is 3. The molecule has 0 saturated heterocycles. The first-order valence-corrected chi connectivity index (χ1v) is 7.13. The van der Waals surface area contributed by atoms with E-state index in [0.29, 0.717) is 11.4 Å². The van der Waals surface area contributed by atoms with Gasteiger partial charge in [0.05, 0.1) is 29.1 Å². The molecule has 24 heavy (non-hydrogen) atoms. The van der Waals surface area contributed by atoms with Gasteiger partial charge in [-0.25, -0.2) is 9.99 Å². The molecule has 8 heteroatoms. The van der Waals surface area contributed by atoms with E-state index in [1.54, 1.807) is 24.4 Å². The average Bonchev–Trinajstić information content (AvgIpc) is 3.20. The molecule has 4 rings (SSSR count). The van der Waals surface area contributed by atoms with Crippen molar-refractivity contribution in [2.24, 2.45) is 5.10 Å². The van der Waals surface area contributed by atoms with E-state index in [9.17, 15) is 9.90 Å². The number of H-pyrrole nitrogens is 2. The molecule has 3 heterocycles. The predicted molar refractivity (Wildman–Crippen MR) is 87.4 cm³/mol. The molecule has 118 valence electrons. The summed E-state index contributed by atoms with van der Waals surface area (Å²) in [4.78, 5) is 21.4. The monoisotopic (exact) mass is 320 g/mol. The van der Waals surface area contributed by atoms with E-state index in [1.165, 1.54) is 11.3 Å². The summed E-state index contributed by atoms with van der Waals surface area (Å²) in [7, 11) is 0. The van der Waals surface area contributed by atoms with Gasteiger partial charge < -0.3 is 10.1 Å². The largest absolute Gasteiger partial charge is 0.494 e. The molecule has 0 saturated carbocycles. The number of aromatic amines is 2. The molecule has 1 aliphatic heterocycles. The highest BCUT2D eigenvalue weighted by Gasteiger charge is 2.26. The molecule has 0 fully saturated rings. The fraction of sp³-hybridized carbons (Fsp3) is 0. The van der Waals surface area contributed by atoms with Crippen LogP contribution in [0.3, 0.4) is 0 Å². The Morgan fingerprint density at radius 3 is 2.75 bits per heavy atom. The van der Waals surface area contributed by atoms with Crippen molar-refractivity contribution in [1.29, 1.82) is 5.41 Å². The van der Waals surface area contributed by atoms with Crippen molar-refractivity contribution in [2.75, 3.05) is 5.01 Å². The summed E-state index contributed by atoms with van der Waals surface area (Å²) in [6.45, 7) is 0. The normalized spacial score (nSPS) is 13.9. The van der Waals surface area contributed by atoms with Crippen molar-refractivity contribution in [3.63, 3.8) is 0 Å². The van der Waals surface area contributed by atoms with Crippen molar-refractivity contribution in [1.82, 2.24) is 15.0 Å². The Kier molecular flexibility index (Phi) is 3.02. The van der Waals surface area contributed by atoms with Crippen molar-refractivity contribution < 1.29 is 5.11 Å². The molecule has 0 spiro atoms. The number of para-hydroxylation sites is 1. The summed E-state index contributed by atoms with van der Waals surface area (Å²) in [6.07, 6.45) is 4.64. The Bertz CT molecular complexity index is 1100. The number of nitrogens with zero attached hydrogens (tertiary/aromatic N) is 3. The number of rotatable bonds is 2. The summed E-state index contributed by atoms with van der Waals surface area (Å²) in [6, 6.07) is 9.09. The van der Waals surface area contributed by atoms with E-state index in [0.717, 1.165) is 0 Å². The number of benzene rings is 1. The van der Waals surface area contributed by atoms with Gasteiger partial charge in [0, 0.05) is 0 Å². The van der Waals surface area contributed by atoms with Gasteiger partial charge in [-0.2, -0.15) is 5.10 Å². The lowest BCUT2D eigenvalue weighted by atomic mass is 10.2. The summed E-state index contributed by atoms with van der Waals surface area (Å²) < 4.78 is 0. The van der Waals surface area contributed by atoms with Crippen LogP contribution in [0.4, 0.5) is 5.69 Å². The van der Waals surface area contributed by atoms with Crippen LogP contribution in [0.2, 0.25) is 0 Å². The number of fused-ring (bicyclic) bond motifs is 1. The van der Waals surface area contributed by atoms with E-state index in [4.69, 9.17) is 5.41 Å². The van der Waals surface area contributed by atoms with Gasteiger partial charge in [-0.1, -0.05) is 18.2 Å². The zero-order chi connectivity index (χ0) is 16.7. The van der Waals surface area contributed by atoms with Crippen molar-refractivity contribution in [3.05, 3.63) is 75.0 Å². The number of aromatic hydroxyl groups is 1. The number of hydrogen-bond acceptors (Lipinski definition) is 5. The fourth-order valence-corrected chi connectivity index (χ4v) is 2.57. The lowest BCUT2D eigenvalue weighted by Crippen LogP contribution is -2.42. The van der Waals surface area contributed by atoms with Gasteiger partial charge in [0.15, 0.2) is 5.84 Å². The van der Waals surface area contributed by atoms with E-state index in [1.807, 2.05) is 18.2 Å². The van der Waals surface area contributed by atoms with Gasteiger partial charge in [-0.05, 0) is 18.2 Å². The number of pyridine rings is 1. The Morgan fingerprint density at radius 1 is 1.25 bits per heavy atom. The quantitative estimate of drug-likeness (QED) is 0.531. The smallest absolute Gasteiger partial charge is 0.260 e. The third-order valence-corrected chi connectivity index (χ3v) is 3.67. The van der Waals surface area contributed by atoms with Gasteiger partial charge in [0.2, 0.25) is 5.88 Å². The van der Waals surface area contributed by atoms with Crippen LogP contribution in [0.25, 0.3) is 6.08 Å². The Balaban J connectivity index is 2.01. The maximum atomic E-state index is 12.2. The van der Waals surface area contributed by atoms with Gasteiger partial charge in [-0.3, -0.25) is 15.2 Å². The summed E-state index contributed by atoms with van der Waals surface area (Å²) in [5.41, 5.74) is 0.975. The van der Waals surface area contributed by atoms with E-state index < -0.39 is 5.56 Å². The molecule has 0 aliphatic carbocycles. The third-order valence-electron chi connectivity index (χ3n) is 3.67. The Labute approximate surface area is 134 Å². The predicted octanol–water partition coefficient (Wildman–Crippen LogP) is 0.0126. The van der Waals surface area contributed by atoms with Crippen LogP contribution in [0.15, 0.2) is 52.8 Å². The second-order valence-corrected chi connectivity index (χ2v) is 5.19. The van der Waals surface area contributed by atoms with E-state index in [-0.39, 0.29) is 27.9 Å². The highest BCUT2D eigenvalue weighted by atomic mass is 16.3. The van der Waals surface area contributed by atoms with Crippen LogP contribution >= 0.6 is 0 Å². The first kappa shape index (κ1) is 13.9. The highest BCUT2D eigenvalue weighted by molar-refractivity contribution is 6.10. The SMILES string of the molecule is N=C1c2c(O)[nH]c(=O)/c(=C/c3cnc[nH]3)c2=NN1c1ccccc1. The van der Waals surface area contributed by atoms with Crippen LogP contribution in [0, 0.1) is 5.41 Å². The molecule has 4 N–H and O–H groups in total. The summed E-state index contributed by atoms with van der Waals surface area (Å²) in [5, 5.41) is 24.6. The minimum absolute atomic E-state index is 0.00999. The van der Waals surface area contributed by atoms with Crippen LogP contribution in [0.1, 0.15) is 11.3 Å². The van der Waals surface area contributed by atoms with Crippen LogP contribution in [0.5, 0.6) is 5.88 Å². The zero-order valence-electron chi connectivity index (χ0n) is 12.3. The number of amidine groups is 1. The highest BCUT2D eigenvalue weighted by Crippen LogP contribution is 2.21. The number of hydrogen-bond donors (Lipinski definition) is 4. The number of anilines is 1. The zero-order valence-corrected chi connectivity index (χ0v) is 12.3. The molecule has 0 amide bonds. The number of aromatic nitrogens is 3. The van der Waals surface area contributed by atoms with E-state index >= 15 is 0 Å². The minimum Gasteiger partial charge on any atom is -0.494 e. The standard InChI is InChI=1S/C16H12N6O2/c17-14-12-13(21-22(14)10-4-2-1-3-5-10)11(15(23)20-16(12)24)6-9-7-18-8-19-9/h1-8,17,24H,(H,18,19)(H,20,23)/b11-6+,17-14?. The molecule has 8 nitrogen and oxygen atoms in total. The molecule has 2 aromatic heterocycles. The fourth-order valence-electron chi connectivity index (χ4n) is 2.57. The first-order chi connectivity index (χ1) is 11.6. The van der Waals surface area contributed by atoms with Gasteiger partial charge in [-0.15, -0.1) is 0 Å². The van der Waals surface area contributed by atoms with Gasteiger partial charge >= 0.3 is 0 Å². The minimum atomic E-state index is -0.493. The topological polar surface area (TPSA) is 121 Å². The second kappa shape index (κ2) is 5.20. The molecule has 0 unspecified atom stereocenters. The third kappa shape index (κ3) is 2.09. The van der Waals surface area contributed by atoms with Crippen molar-refractivity contribution in [2.45, 2.75) is 0 Å². The van der Waals surface area contributed by atoms with Crippen LogP contribution in [-0.2, 0) is 0 Å². The van der Waals surface area contributed by atoms with Gasteiger partial charge in [0.25, 0.3) is 5.56 Å². The lowest BCUT2D eigenvalue weighted by Gasteiger charge is -2.13. The summed E-state index contributed by atoms with van der Waals surface area (Å²) in [5.74, 6) is -0.381. The molecule has 1 aromatic carbocycles. The van der Waals surface area contributed by atoms with E-state index in [2.05, 4.69) is 20.1 Å². The van der Waals surface area contributed by atoms with Gasteiger partial charge in [0.1, 0.15) is 10.9 Å². The summed E-state index contributed by atoms with van der Waals surface area (Å²) >= 11 is 0. The Hall–Kier alpha value is -3.68. The lowest BCUT2D eigenvalue weighted by molar-refractivity contribution is 0.449. The maximum Gasteiger partial charge on any atom is 0.260 e. The molecular weight excluding hydrogens is 308 g/mol. The molecule has 0 atom stereocenters. The first-order valence-electron chi connectivity index (χ1n) is 7.13. The van der Waals surface area contributed by atoms with Crippen LogP contribution in [-0.4, -0.2) is 25.9 Å². The average molecular weight is 320 g/mol. The molecular formula is C16H12N6O2. The molecule has 1 aliphatic rings.